The molecule has 6 nitrogen and oxygen atoms in total. The van der Waals surface area contributed by atoms with Crippen LogP contribution in [0.2, 0.25) is 0 Å². The van der Waals surface area contributed by atoms with E-state index in [1.165, 1.54) is 0 Å². The van der Waals surface area contributed by atoms with Gasteiger partial charge in [-0.15, -0.1) is 6.58 Å². The number of carbonyl (C=O) groups is 2. The quantitative estimate of drug-likeness (QED) is 0.835. The van der Waals surface area contributed by atoms with E-state index in [2.05, 4.69) is 28.3 Å². The SMILES string of the molecule is C=CCNC(=O)c1ccc2c(c1)NC(=O)CC(c1cccc(C#N)c1)=N2. The summed E-state index contributed by atoms with van der Waals surface area (Å²) < 4.78 is 0. The van der Waals surface area contributed by atoms with E-state index in [9.17, 15) is 9.59 Å². The first-order valence-corrected chi connectivity index (χ1v) is 8.02. The number of nitrogens with one attached hydrogen (secondary N) is 2. The molecule has 3 rings (SSSR count). The number of benzene rings is 2. The van der Waals surface area contributed by atoms with Crippen molar-refractivity contribution in [2.75, 3.05) is 11.9 Å². The summed E-state index contributed by atoms with van der Waals surface area (Å²) in [4.78, 5) is 28.9. The van der Waals surface area contributed by atoms with Gasteiger partial charge < -0.3 is 10.6 Å². The molecule has 2 amide bonds. The molecule has 1 aliphatic heterocycles. The minimum Gasteiger partial charge on any atom is -0.349 e. The predicted molar refractivity (Wildman–Crippen MR) is 99.6 cm³/mol. The van der Waals surface area contributed by atoms with Crippen molar-refractivity contribution in [2.24, 2.45) is 4.99 Å². The van der Waals surface area contributed by atoms with Crippen LogP contribution in [0.15, 0.2) is 60.1 Å². The third kappa shape index (κ3) is 3.68. The van der Waals surface area contributed by atoms with E-state index in [0.29, 0.717) is 34.8 Å². The van der Waals surface area contributed by atoms with Gasteiger partial charge >= 0.3 is 0 Å². The van der Waals surface area contributed by atoms with Crippen molar-refractivity contribution in [3.63, 3.8) is 0 Å². The molecule has 1 aliphatic rings. The highest BCUT2D eigenvalue weighted by atomic mass is 16.2. The van der Waals surface area contributed by atoms with Gasteiger partial charge in [0.05, 0.1) is 35.1 Å². The number of rotatable bonds is 4. The van der Waals surface area contributed by atoms with Crippen LogP contribution in [0.1, 0.15) is 27.9 Å². The van der Waals surface area contributed by atoms with E-state index in [4.69, 9.17) is 5.26 Å². The molecule has 0 bridgehead atoms. The fourth-order valence-electron chi connectivity index (χ4n) is 2.61. The molecule has 0 aromatic heterocycles. The lowest BCUT2D eigenvalue weighted by Crippen LogP contribution is -2.23. The Bertz CT molecular complexity index is 970. The predicted octanol–water partition coefficient (Wildman–Crippen LogP) is 2.94. The number of carbonyl (C=O) groups excluding carboxylic acids is 2. The van der Waals surface area contributed by atoms with Crippen LogP contribution in [0.4, 0.5) is 11.4 Å². The van der Waals surface area contributed by atoms with Crippen LogP contribution < -0.4 is 10.6 Å². The monoisotopic (exact) mass is 344 g/mol. The number of anilines is 1. The third-order valence-electron chi connectivity index (χ3n) is 3.85. The van der Waals surface area contributed by atoms with E-state index in [1.54, 1.807) is 42.5 Å². The molecule has 2 aromatic carbocycles. The third-order valence-corrected chi connectivity index (χ3v) is 3.85. The van der Waals surface area contributed by atoms with Crippen LogP contribution >= 0.6 is 0 Å². The van der Waals surface area contributed by atoms with Crippen molar-refractivity contribution in [3.8, 4) is 6.07 Å². The maximum absolute atomic E-state index is 12.3. The highest BCUT2D eigenvalue weighted by Crippen LogP contribution is 2.30. The van der Waals surface area contributed by atoms with Crippen molar-refractivity contribution >= 4 is 28.9 Å². The normalized spacial score (nSPS) is 12.7. The fourth-order valence-corrected chi connectivity index (χ4v) is 2.61. The zero-order chi connectivity index (χ0) is 18.5. The van der Waals surface area contributed by atoms with Gasteiger partial charge in [0, 0.05) is 12.1 Å². The zero-order valence-electron chi connectivity index (χ0n) is 14.0. The minimum atomic E-state index is -0.253. The summed E-state index contributed by atoms with van der Waals surface area (Å²) in [6.45, 7) is 3.92. The van der Waals surface area contributed by atoms with E-state index >= 15 is 0 Å². The van der Waals surface area contributed by atoms with E-state index in [1.807, 2.05) is 6.07 Å². The molecule has 6 heteroatoms. The Morgan fingerprint density at radius 3 is 2.96 bits per heavy atom. The van der Waals surface area contributed by atoms with Crippen molar-refractivity contribution in [3.05, 3.63) is 71.8 Å². The van der Waals surface area contributed by atoms with Crippen LogP contribution in [0.3, 0.4) is 0 Å². The molecular formula is C20H16N4O2. The second kappa shape index (κ2) is 7.45. The molecule has 2 aromatic rings. The first kappa shape index (κ1) is 17.1. The number of amides is 2. The lowest BCUT2D eigenvalue weighted by atomic mass is 10.0. The van der Waals surface area contributed by atoms with Gasteiger partial charge in [0.1, 0.15) is 0 Å². The first-order valence-electron chi connectivity index (χ1n) is 8.02. The second-order valence-electron chi connectivity index (χ2n) is 5.71. The molecule has 2 N–H and O–H groups in total. The van der Waals surface area contributed by atoms with Gasteiger partial charge in [-0.25, -0.2) is 0 Å². The molecule has 0 spiro atoms. The second-order valence-corrected chi connectivity index (χ2v) is 5.71. The van der Waals surface area contributed by atoms with Gasteiger partial charge in [-0.2, -0.15) is 5.26 Å². The molecule has 0 unspecified atom stereocenters. The maximum Gasteiger partial charge on any atom is 0.251 e. The first-order chi connectivity index (χ1) is 12.6. The van der Waals surface area contributed by atoms with E-state index in [0.717, 1.165) is 5.56 Å². The van der Waals surface area contributed by atoms with Gasteiger partial charge in [0.25, 0.3) is 5.91 Å². The Kier molecular flexibility index (Phi) is 4.90. The molecule has 128 valence electrons. The molecule has 26 heavy (non-hydrogen) atoms. The molecule has 0 fully saturated rings. The van der Waals surface area contributed by atoms with Crippen LogP contribution in [-0.4, -0.2) is 24.1 Å². The average molecular weight is 344 g/mol. The van der Waals surface area contributed by atoms with Crippen molar-refractivity contribution in [1.82, 2.24) is 5.32 Å². The highest BCUT2D eigenvalue weighted by Gasteiger charge is 2.19. The van der Waals surface area contributed by atoms with Crippen molar-refractivity contribution < 1.29 is 9.59 Å². The summed E-state index contributed by atoms with van der Waals surface area (Å²) in [6.07, 6.45) is 1.68. The molecule has 0 aliphatic carbocycles. The molecule has 0 saturated heterocycles. The van der Waals surface area contributed by atoms with Gasteiger partial charge in [-0.1, -0.05) is 18.2 Å². The molecule has 0 saturated carbocycles. The largest absolute Gasteiger partial charge is 0.349 e. The Morgan fingerprint density at radius 2 is 2.19 bits per heavy atom. The number of nitrogens with zero attached hydrogens (tertiary/aromatic N) is 2. The summed E-state index contributed by atoms with van der Waals surface area (Å²) in [7, 11) is 0. The Balaban J connectivity index is 1.98. The van der Waals surface area contributed by atoms with E-state index < -0.39 is 0 Å². The lowest BCUT2D eigenvalue weighted by Gasteiger charge is -2.08. The molecular weight excluding hydrogens is 328 g/mol. The zero-order valence-corrected chi connectivity index (χ0v) is 14.0. The number of hydrogen-bond donors (Lipinski definition) is 2. The van der Waals surface area contributed by atoms with E-state index in [-0.39, 0.29) is 18.2 Å². The molecule has 0 atom stereocenters. The number of hydrogen-bond acceptors (Lipinski definition) is 4. The van der Waals surface area contributed by atoms with Crippen LogP contribution in [0.25, 0.3) is 0 Å². The van der Waals surface area contributed by atoms with Gasteiger partial charge in [0.2, 0.25) is 5.91 Å². The van der Waals surface area contributed by atoms with Crippen molar-refractivity contribution in [2.45, 2.75) is 6.42 Å². The molecule has 0 radical (unpaired) electrons. The van der Waals surface area contributed by atoms with Crippen LogP contribution in [0.5, 0.6) is 0 Å². The van der Waals surface area contributed by atoms with Crippen LogP contribution in [-0.2, 0) is 4.79 Å². The lowest BCUT2D eigenvalue weighted by molar-refractivity contribution is -0.115. The smallest absolute Gasteiger partial charge is 0.251 e. The Hall–Kier alpha value is -3.72. The summed E-state index contributed by atoms with van der Waals surface area (Å²) in [5.74, 6) is -0.481. The summed E-state index contributed by atoms with van der Waals surface area (Å²) >= 11 is 0. The van der Waals surface area contributed by atoms with Crippen LogP contribution in [0, 0.1) is 11.3 Å². The maximum atomic E-state index is 12.3. The standard InChI is InChI=1S/C20H16N4O2/c1-2-8-22-20(26)15-6-7-16-18(10-15)24-19(25)11-17(23-16)14-5-3-4-13(9-14)12-21/h2-7,9-10H,1,8,11H2,(H,22,26)(H,24,25). The average Bonchev–Trinajstić information content (AvgIpc) is 2.83. The number of nitriles is 1. The minimum absolute atomic E-state index is 0.0849. The topological polar surface area (TPSA) is 94.4 Å². The van der Waals surface area contributed by atoms with Gasteiger partial charge in [-0.3, -0.25) is 14.6 Å². The van der Waals surface area contributed by atoms with Gasteiger partial charge in [-0.05, 0) is 35.9 Å². The number of aliphatic imine (C=N–C) groups is 1. The number of fused-ring (bicyclic) bond motifs is 1. The van der Waals surface area contributed by atoms with Gasteiger partial charge in [0.15, 0.2) is 0 Å². The highest BCUT2D eigenvalue weighted by molar-refractivity contribution is 6.17. The summed E-state index contributed by atoms with van der Waals surface area (Å²) in [5.41, 5.74) is 3.27. The van der Waals surface area contributed by atoms with Crippen molar-refractivity contribution in [1.29, 1.82) is 5.26 Å². The molecule has 1 heterocycles. The summed E-state index contributed by atoms with van der Waals surface area (Å²) in [6, 6.07) is 14.0. The summed E-state index contributed by atoms with van der Waals surface area (Å²) in [5, 5.41) is 14.5. The Morgan fingerprint density at radius 1 is 1.35 bits per heavy atom. The fraction of sp³-hybridized carbons (Fsp3) is 0.100. The Labute approximate surface area is 150 Å².